The Balaban J connectivity index is 1.99. The van der Waals surface area contributed by atoms with E-state index < -0.39 is 6.04 Å². The molecular formula is C42H52N6O2. The molecule has 8 nitrogen and oxygen atoms in total. The largest absolute Gasteiger partial charge is 0.361 e. The number of hydrogen-bond donors (Lipinski definition) is 3. The summed E-state index contributed by atoms with van der Waals surface area (Å²) in [6, 6.07) is 15.2. The van der Waals surface area contributed by atoms with E-state index in [1.165, 1.54) is 0 Å². The summed E-state index contributed by atoms with van der Waals surface area (Å²) in [6.45, 7) is 19.7. The maximum absolute atomic E-state index is 13.3. The molecule has 3 aromatic rings. The van der Waals surface area contributed by atoms with Gasteiger partial charge in [-0.25, -0.2) is 0 Å². The molecule has 3 N–H and O–H groups in total. The van der Waals surface area contributed by atoms with Crippen molar-refractivity contribution in [2.75, 3.05) is 19.6 Å². The zero-order valence-electron chi connectivity index (χ0n) is 29.8. The predicted molar refractivity (Wildman–Crippen MR) is 211 cm³/mol. The third kappa shape index (κ3) is 12.3. The maximum atomic E-state index is 13.3. The molecule has 0 unspecified atom stereocenters. The van der Waals surface area contributed by atoms with E-state index in [0.29, 0.717) is 36.5 Å². The van der Waals surface area contributed by atoms with Gasteiger partial charge in [0, 0.05) is 54.5 Å². The first kappa shape index (κ1) is 39.1. The Morgan fingerprint density at radius 2 is 1.80 bits per heavy atom. The quantitative estimate of drug-likeness (QED) is 0.0203. The average Bonchev–Trinajstić information content (AvgIpc) is 3.53. The van der Waals surface area contributed by atoms with Crippen molar-refractivity contribution in [3.05, 3.63) is 144 Å². The second kappa shape index (κ2) is 21.6. The summed E-state index contributed by atoms with van der Waals surface area (Å²) in [5.74, 6) is 0.379. The number of para-hydroxylation sites is 1. The minimum Gasteiger partial charge on any atom is -0.361 e. The number of nitrogens with zero attached hydrogens (tertiary/aromatic N) is 3. The summed E-state index contributed by atoms with van der Waals surface area (Å²) in [7, 11) is 0. The molecule has 1 heterocycles. The van der Waals surface area contributed by atoms with Crippen LogP contribution in [0.3, 0.4) is 0 Å². The van der Waals surface area contributed by atoms with Crippen LogP contribution in [0.25, 0.3) is 10.9 Å². The van der Waals surface area contributed by atoms with Gasteiger partial charge in [0.15, 0.2) is 11.6 Å². The molecule has 2 aromatic carbocycles. The van der Waals surface area contributed by atoms with Crippen molar-refractivity contribution in [3.63, 3.8) is 0 Å². The standard InChI is InChI=1S/C42H52N6O2/c1-7-11-13-17-32(5)18-16-27-48(31-33-22-24-35(25-23-33)41(50)34(10-4)19-12-8-2)42(47-43-6)39(46-40(49)30-44-26-9-3)28-36-29-45-38-21-15-14-20-37(36)38/h7-8,10-15,17,19-25,29,39,44-45H,4-6,9,16,18,26-28,30-31H2,1-3H3,(H,46,49)/b11-7-,12-8-,17-13-,34-19+,47-42-/t39-/m1/s1. The van der Waals surface area contributed by atoms with E-state index in [9.17, 15) is 9.59 Å². The van der Waals surface area contributed by atoms with E-state index >= 15 is 0 Å². The van der Waals surface area contributed by atoms with Gasteiger partial charge in [0.05, 0.1) is 12.6 Å². The predicted octanol–water partition coefficient (Wildman–Crippen LogP) is 8.05. The molecule has 8 heteroatoms. The number of amidine groups is 1. The van der Waals surface area contributed by atoms with E-state index in [1.807, 2.05) is 99.0 Å². The number of amides is 1. The fourth-order valence-corrected chi connectivity index (χ4v) is 5.52. The summed E-state index contributed by atoms with van der Waals surface area (Å²) in [4.78, 5) is 32.0. The van der Waals surface area contributed by atoms with E-state index in [1.54, 1.807) is 12.2 Å². The number of ketones is 1. The Morgan fingerprint density at radius 3 is 2.50 bits per heavy atom. The van der Waals surface area contributed by atoms with Crippen molar-refractivity contribution in [2.45, 2.75) is 59.0 Å². The molecule has 0 aliphatic carbocycles. The Morgan fingerprint density at radius 1 is 1.04 bits per heavy atom. The van der Waals surface area contributed by atoms with Crippen molar-refractivity contribution in [1.29, 1.82) is 0 Å². The molecule has 0 radical (unpaired) electrons. The second-order valence-electron chi connectivity index (χ2n) is 11.9. The third-order valence-electron chi connectivity index (χ3n) is 8.06. The molecular weight excluding hydrogens is 621 g/mol. The molecule has 1 amide bonds. The molecule has 50 heavy (non-hydrogen) atoms. The smallest absolute Gasteiger partial charge is 0.234 e. The van der Waals surface area contributed by atoms with E-state index in [-0.39, 0.29) is 18.2 Å². The van der Waals surface area contributed by atoms with E-state index in [2.05, 4.69) is 63.6 Å². The zero-order valence-corrected chi connectivity index (χ0v) is 29.8. The van der Waals surface area contributed by atoms with E-state index in [0.717, 1.165) is 53.4 Å². The van der Waals surface area contributed by atoms with Gasteiger partial charge in [-0.1, -0.05) is 117 Å². The number of rotatable bonds is 21. The van der Waals surface area contributed by atoms with Crippen LogP contribution in [-0.2, 0) is 17.8 Å². The van der Waals surface area contributed by atoms with Crippen molar-refractivity contribution >= 4 is 35.1 Å². The number of H-pyrrole nitrogens is 1. The summed E-state index contributed by atoms with van der Waals surface area (Å²) in [5, 5.41) is 16.1. The minimum atomic E-state index is -0.499. The fourth-order valence-electron chi connectivity index (χ4n) is 5.52. The van der Waals surface area contributed by atoms with Gasteiger partial charge in [-0.3, -0.25) is 9.59 Å². The molecule has 3 rings (SSSR count). The Kier molecular flexibility index (Phi) is 16.9. The molecule has 0 fully saturated rings. The fraction of sp³-hybridized carbons (Fsp3) is 0.286. The van der Waals surface area contributed by atoms with Crippen LogP contribution in [0.4, 0.5) is 0 Å². The van der Waals surface area contributed by atoms with Crippen molar-refractivity contribution < 1.29 is 9.59 Å². The number of benzene rings is 2. The first-order valence-electron chi connectivity index (χ1n) is 17.2. The summed E-state index contributed by atoms with van der Waals surface area (Å²) < 4.78 is 0. The number of carbonyl (C=O) groups is 2. The van der Waals surface area contributed by atoms with E-state index in [4.69, 9.17) is 0 Å². The summed E-state index contributed by atoms with van der Waals surface area (Å²) in [5.41, 5.74) is 5.17. The number of aromatic nitrogens is 1. The highest BCUT2D eigenvalue weighted by Crippen LogP contribution is 2.22. The van der Waals surface area contributed by atoms with Crippen LogP contribution in [0.1, 0.15) is 61.5 Å². The lowest BCUT2D eigenvalue weighted by Crippen LogP contribution is -2.51. The molecule has 1 atom stereocenters. The third-order valence-corrected chi connectivity index (χ3v) is 8.06. The van der Waals surface area contributed by atoms with Crippen molar-refractivity contribution in [2.24, 2.45) is 10.2 Å². The number of fused-ring (bicyclic) bond motifs is 1. The first-order valence-corrected chi connectivity index (χ1v) is 17.2. The number of nitrogens with one attached hydrogen (secondary N) is 3. The van der Waals surface area contributed by atoms with Gasteiger partial charge in [0.25, 0.3) is 0 Å². The lowest BCUT2D eigenvalue weighted by molar-refractivity contribution is -0.120. The topological polar surface area (TPSA) is 102 Å². The van der Waals surface area contributed by atoms with Crippen LogP contribution in [-0.4, -0.2) is 59.8 Å². The van der Waals surface area contributed by atoms with Gasteiger partial charge in [-0.2, -0.15) is 5.10 Å². The molecule has 0 bridgehead atoms. The van der Waals surface area contributed by atoms with Gasteiger partial charge in [-0.05, 0) is 56.8 Å². The lowest BCUT2D eigenvalue weighted by Gasteiger charge is -2.31. The van der Waals surface area contributed by atoms with Gasteiger partial charge >= 0.3 is 0 Å². The monoisotopic (exact) mass is 672 g/mol. The number of carbonyl (C=O) groups excluding carboxylic acids is 2. The maximum Gasteiger partial charge on any atom is 0.234 e. The number of allylic oxidation sites excluding steroid dienone is 10. The van der Waals surface area contributed by atoms with Gasteiger partial charge < -0.3 is 20.5 Å². The average molecular weight is 673 g/mol. The highest BCUT2D eigenvalue weighted by Gasteiger charge is 2.26. The van der Waals surface area contributed by atoms with Crippen LogP contribution in [0.5, 0.6) is 0 Å². The van der Waals surface area contributed by atoms with Gasteiger partial charge in [0.1, 0.15) is 0 Å². The molecule has 1 aromatic heterocycles. The Hall–Kier alpha value is -5.34. The van der Waals surface area contributed by atoms with Crippen LogP contribution >= 0.6 is 0 Å². The van der Waals surface area contributed by atoms with Crippen LogP contribution in [0, 0.1) is 0 Å². The first-order chi connectivity index (χ1) is 24.3. The zero-order chi connectivity index (χ0) is 36.1. The summed E-state index contributed by atoms with van der Waals surface area (Å²) in [6.07, 6.45) is 20.0. The molecule has 0 saturated carbocycles. The molecule has 0 aliphatic rings. The molecule has 0 spiro atoms. The minimum absolute atomic E-state index is 0.0951. The Labute approximate surface area is 297 Å². The Bertz CT molecular complexity index is 1740. The number of aromatic amines is 1. The highest BCUT2D eigenvalue weighted by molar-refractivity contribution is 6.10. The van der Waals surface area contributed by atoms with Crippen LogP contribution < -0.4 is 10.6 Å². The number of Topliss-reactive ketones (excluding diaryl/α,β-unsaturated/α-hetero) is 1. The van der Waals surface area contributed by atoms with Crippen LogP contribution in [0.15, 0.2) is 138 Å². The van der Waals surface area contributed by atoms with Gasteiger partial charge in [0.2, 0.25) is 5.91 Å². The molecule has 262 valence electrons. The normalized spacial score (nSPS) is 12.9. The SMILES string of the molecule is C=C/C(=C\C=C/C)C(=O)c1ccc(CN(CCCC(=C)/C=C\C=C/C)/C(=N\N=C)[C@@H](Cc2c[nH]c3ccccc23)NC(=O)CNCCC)cc1. The number of hydrogen-bond acceptors (Lipinski definition) is 5. The second-order valence-corrected chi connectivity index (χ2v) is 11.9. The lowest BCUT2D eigenvalue weighted by atomic mass is 10.0. The van der Waals surface area contributed by atoms with Crippen LogP contribution in [0.2, 0.25) is 0 Å². The highest BCUT2D eigenvalue weighted by atomic mass is 16.2. The van der Waals surface area contributed by atoms with Crippen molar-refractivity contribution in [3.8, 4) is 0 Å². The molecule has 0 saturated heterocycles. The van der Waals surface area contributed by atoms with Gasteiger partial charge in [-0.15, -0.1) is 5.10 Å². The summed E-state index contributed by atoms with van der Waals surface area (Å²) >= 11 is 0. The molecule has 0 aliphatic heterocycles. The van der Waals surface area contributed by atoms with Crippen molar-refractivity contribution in [1.82, 2.24) is 20.5 Å².